The Kier molecular flexibility index (Phi) is 10.6. The molecule has 3 atom stereocenters. The average Bonchev–Trinajstić information content (AvgIpc) is 3.23. The lowest BCUT2D eigenvalue weighted by molar-refractivity contribution is 0.0605. The fourth-order valence-corrected chi connectivity index (χ4v) is 18.2. The summed E-state index contributed by atoms with van der Waals surface area (Å²) in [5.41, 5.74) is 3.02. The molecule has 0 radical (unpaired) electrons. The first kappa shape index (κ1) is 29.3. The zero-order chi connectivity index (χ0) is 24.4. The molecule has 1 aliphatic carbocycles. The maximum Gasteiger partial charge on any atom is 0.200 e. The van der Waals surface area contributed by atoms with Gasteiger partial charge in [0.1, 0.15) is 0 Å². The molecule has 0 spiro atoms. The molecule has 0 aromatic carbocycles. The van der Waals surface area contributed by atoms with Crippen LogP contribution in [-0.2, 0) is 8.85 Å². The summed E-state index contributed by atoms with van der Waals surface area (Å²) < 4.78 is 13.6. The summed E-state index contributed by atoms with van der Waals surface area (Å²) in [6, 6.07) is 0. The third-order valence-electron chi connectivity index (χ3n) is 8.48. The molecule has 1 unspecified atom stereocenters. The van der Waals surface area contributed by atoms with Gasteiger partial charge in [0, 0.05) is 19.1 Å². The summed E-state index contributed by atoms with van der Waals surface area (Å²) in [6.07, 6.45) is 2.76. The minimum absolute atomic E-state index is 0.116. The van der Waals surface area contributed by atoms with E-state index in [1.54, 1.807) is 0 Å². The molecule has 1 rings (SSSR count). The predicted molar refractivity (Wildman–Crippen MR) is 141 cm³/mol. The molecule has 1 aliphatic rings. The van der Waals surface area contributed by atoms with Crippen LogP contribution in [0.2, 0.25) is 33.2 Å². The van der Waals surface area contributed by atoms with Crippen LogP contribution in [0.1, 0.15) is 109 Å². The van der Waals surface area contributed by atoms with Gasteiger partial charge in [-0.05, 0) is 58.9 Å². The van der Waals surface area contributed by atoms with Gasteiger partial charge in [-0.25, -0.2) is 0 Å². The van der Waals surface area contributed by atoms with Crippen molar-refractivity contribution in [2.45, 2.75) is 154 Å². The van der Waals surface area contributed by atoms with Crippen LogP contribution in [-0.4, -0.2) is 40.1 Å². The maximum atomic E-state index is 11.2. The second kappa shape index (κ2) is 11.2. The minimum Gasteiger partial charge on any atom is -0.416 e. The van der Waals surface area contributed by atoms with Gasteiger partial charge in [0.25, 0.3) is 0 Å². The zero-order valence-corrected chi connectivity index (χ0v) is 25.2. The average molecular weight is 473 g/mol. The number of rotatable bonds is 14. The summed E-state index contributed by atoms with van der Waals surface area (Å²) in [5, 5.41) is 11.2. The van der Waals surface area contributed by atoms with Crippen LogP contribution < -0.4 is 0 Å². The lowest BCUT2D eigenvalue weighted by atomic mass is 10.1. The fourth-order valence-electron chi connectivity index (χ4n) is 7.16. The van der Waals surface area contributed by atoms with Crippen molar-refractivity contribution in [2.24, 2.45) is 5.92 Å². The molecular formula is C26H56O3Si2. The van der Waals surface area contributed by atoms with E-state index in [0.29, 0.717) is 39.2 Å². The van der Waals surface area contributed by atoms with Crippen molar-refractivity contribution in [1.82, 2.24) is 0 Å². The molecule has 0 aliphatic heterocycles. The van der Waals surface area contributed by atoms with Crippen molar-refractivity contribution in [3.05, 3.63) is 0 Å². The Morgan fingerprint density at radius 2 is 1.10 bits per heavy atom. The Bertz CT molecular complexity index is 501. The van der Waals surface area contributed by atoms with Gasteiger partial charge >= 0.3 is 0 Å². The SMILES string of the molecule is CC(C[C@@]1(O)C[C@H]1CCO[Si](C(C)C)(C(C)C)C(C)C)O[Si](C(C)C)(C(C)C)C(C)C. The lowest BCUT2D eigenvalue weighted by Crippen LogP contribution is -2.50. The summed E-state index contributed by atoms with van der Waals surface area (Å²) >= 11 is 0. The third-order valence-corrected chi connectivity index (χ3v) is 20.8. The van der Waals surface area contributed by atoms with E-state index in [2.05, 4.69) is 90.0 Å². The first-order chi connectivity index (χ1) is 14.1. The van der Waals surface area contributed by atoms with Crippen LogP contribution in [0, 0.1) is 5.92 Å². The summed E-state index contributed by atoms with van der Waals surface area (Å²) in [6.45, 7) is 31.0. The van der Waals surface area contributed by atoms with Gasteiger partial charge in [-0.3, -0.25) is 0 Å². The smallest absolute Gasteiger partial charge is 0.200 e. The normalized spacial score (nSPS) is 23.8. The standard InChI is InChI=1S/C26H56O3Si2/c1-18(2)30(19(3)4,20(5)6)28-15-14-25-17-26(25,27)16-24(13)29-31(21(7)8,22(9)10)23(11)12/h18-25,27H,14-17H2,1-13H3/t24?,25-,26-/m1/s1. The molecule has 1 fully saturated rings. The zero-order valence-electron chi connectivity index (χ0n) is 23.2. The van der Waals surface area contributed by atoms with Crippen LogP contribution in [0.25, 0.3) is 0 Å². The van der Waals surface area contributed by atoms with Crippen molar-refractivity contribution >= 4 is 16.6 Å². The van der Waals surface area contributed by atoms with Crippen molar-refractivity contribution in [3.63, 3.8) is 0 Å². The van der Waals surface area contributed by atoms with Gasteiger partial charge in [0.2, 0.25) is 8.32 Å². The molecule has 0 amide bonds. The Morgan fingerprint density at radius 3 is 1.45 bits per heavy atom. The van der Waals surface area contributed by atoms with Crippen molar-refractivity contribution in [2.75, 3.05) is 6.61 Å². The number of aliphatic hydroxyl groups is 1. The number of hydrogen-bond donors (Lipinski definition) is 1. The Labute approximate surface area is 197 Å². The molecule has 0 bridgehead atoms. The van der Waals surface area contributed by atoms with Crippen LogP contribution in [0.3, 0.4) is 0 Å². The van der Waals surface area contributed by atoms with Crippen LogP contribution in [0.4, 0.5) is 0 Å². The van der Waals surface area contributed by atoms with E-state index in [1.807, 2.05) is 0 Å². The summed E-state index contributed by atoms with van der Waals surface area (Å²) in [4.78, 5) is 0. The molecule has 5 heteroatoms. The number of hydrogen-bond acceptors (Lipinski definition) is 3. The Balaban J connectivity index is 2.71. The lowest BCUT2D eigenvalue weighted by Gasteiger charge is -2.44. The highest BCUT2D eigenvalue weighted by molar-refractivity contribution is 6.78. The predicted octanol–water partition coefficient (Wildman–Crippen LogP) is 8.29. The van der Waals surface area contributed by atoms with E-state index in [1.165, 1.54) is 0 Å². The second-order valence-corrected chi connectivity index (χ2v) is 23.3. The molecule has 31 heavy (non-hydrogen) atoms. The molecule has 3 nitrogen and oxygen atoms in total. The molecule has 186 valence electrons. The van der Waals surface area contributed by atoms with E-state index >= 15 is 0 Å². The molecule has 0 heterocycles. The topological polar surface area (TPSA) is 38.7 Å². The first-order valence-corrected chi connectivity index (χ1v) is 17.4. The largest absolute Gasteiger partial charge is 0.416 e. The van der Waals surface area contributed by atoms with Gasteiger partial charge in [-0.2, -0.15) is 0 Å². The van der Waals surface area contributed by atoms with Gasteiger partial charge in [-0.15, -0.1) is 0 Å². The highest BCUT2D eigenvalue weighted by Gasteiger charge is 2.55. The van der Waals surface area contributed by atoms with Crippen LogP contribution in [0.15, 0.2) is 0 Å². The van der Waals surface area contributed by atoms with Crippen molar-refractivity contribution < 1.29 is 14.0 Å². The minimum atomic E-state index is -1.90. The molecule has 0 aromatic heterocycles. The van der Waals surface area contributed by atoms with E-state index in [0.717, 1.165) is 25.9 Å². The molecule has 0 saturated heterocycles. The van der Waals surface area contributed by atoms with E-state index in [-0.39, 0.29) is 6.10 Å². The van der Waals surface area contributed by atoms with Crippen molar-refractivity contribution in [3.8, 4) is 0 Å². The van der Waals surface area contributed by atoms with E-state index in [9.17, 15) is 5.11 Å². The first-order valence-electron chi connectivity index (χ1n) is 13.1. The van der Waals surface area contributed by atoms with E-state index < -0.39 is 22.2 Å². The van der Waals surface area contributed by atoms with Crippen LogP contribution in [0.5, 0.6) is 0 Å². The van der Waals surface area contributed by atoms with Crippen LogP contribution >= 0.6 is 0 Å². The third kappa shape index (κ3) is 6.26. The van der Waals surface area contributed by atoms with Gasteiger partial charge in [0.05, 0.1) is 5.60 Å². The molecular weight excluding hydrogens is 416 g/mol. The highest BCUT2D eigenvalue weighted by Crippen LogP contribution is 2.51. The molecule has 1 N–H and O–H groups in total. The summed E-state index contributed by atoms with van der Waals surface area (Å²) in [7, 11) is -3.72. The molecule has 0 aromatic rings. The van der Waals surface area contributed by atoms with Crippen molar-refractivity contribution in [1.29, 1.82) is 0 Å². The monoisotopic (exact) mass is 472 g/mol. The Hall–Kier alpha value is 0.314. The highest BCUT2D eigenvalue weighted by atomic mass is 28.4. The molecule has 1 saturated carbocycles. The fraction of sp³-hybridized carbons (Fsp3) is 1.00. The van der Waals surface area contributed by atoms with Gasteiger partial charge < -0.3 is 14.0 Å². The van der Waals surface area contributed by atoms with E-state index in [4.69, 9.17) is 8.85 Å². The second-order valence-electron chi connectivity index (χ2n) is 12.4. The Morgan fingerprint density at radius 1 is 0.710 bits per heavy atom. The quantitative estimate of drug-likeness (QED) is 0.258. The van der Waals surface area contributed by atoms with Gasteiger partial charge in [0.15, 0.2) is 8.32 Å². The van der Waals surface area contributed by atoms with Gasteiger partial charge in [-0.1, -0.05) is 83.1 Å². The maximum absolute atomic E-state index is 11.2. The summed E-state index contributed by atoms with van der Waals surface area (Å²) in [5.74, 6) is 0.366.